The van der Waals surface area contributed by atoms with Gasteiger partial charge in [0.1, 0.15) is 0 Å². The topological polar surface area (TPSA) is 55.1 Å². The van der Waals surface area contributed by atoms with Crippen LogP contribution >= 0.6 is 23.6 Å². The van der Waals surface area contributed by atoms with E-state index < -0.39 is 5.41 Å². The molecule has 1 atom stereocenters. The zero-order valence-electron chi connectivity index (χ0n) is 13.0. The molecule has 2 rings (SSSR count). The Bertz CT molecular complexity index is 544. The second kappa shape index (κ2) is 6.44. The highest BCUT2D eigenvalue weighted by molar-refractivity contribution is 7.80. The quantitative estimate of drug-likeness (QED) is 0.829. The third-order valence-electron chi connectivity index (χ3n) is 4.51. The monoisotopic (exact) mass is 324 g/mol. The fourth-order valence-corrected chi connectivity index (χ4v) is 4.55. The van der Waals surface area contributed by atoms with E-state index >= 15 is 0 Å². The van der Waals surface area contributed by atoms with Crippen LogP contribution in [0.1, 0.15) is 60.4 Å². The van der Waals surface area contributed by atoms with Crippen LogP contribution in [-0.2, 0) is 4.79 Å². The highest BCUT2D eigenvalue weighted by atomic mass is 32.1. The molecule has 3 N–H and O–H groups in total. The van der Waals surface area contributed by atoms with Gasteiger partial charge in [-0.05, 0) is 45.2 Å². The molecule has 0 bridgehead atoms. The molecule has 0 radical (unpaired) electrons. The molecule has 3 nitrogen and oxygen atoms in total. The van der Waals surface area contributed by atoms with Crippen LogP contribution in [0.15, 0.2) is 6.07 Å². The molecule has 1 unspecified atom stereocenters. The number of amides is 1. The van der Waals surface area contributed by atoms with E-state index in [-0.39, 0.29) is 11.9 Å². The highest BCUT2D eigenvalue weighted by Crippen LogP contribution is 2.38. The first-order valence-electron chi connectivity index (χ1n) is 7.54. The van der Waals surface area contributed by atoms with Gasteiger partial charge in [-0.1, -0.05) is 31.5 Å². The van der Waals surface area contributed by atoms with Crippen LogP contribution in [0.5, 0.6) is 0 Å². The lowest BCUT2D eigenvalue weighted by atomic mass is 9.73. The molecule has 0 aromatic carbocycles. The van der Waals surface area contributed by atoms with Gasteiger partial charge < -0.3 is 11.1 Å². The Hall–Kier alpha value is -0.940. The molecule has 0 saturated heterocycles. The summed E-state index contributed by atoms with van der Waals surface area (Å²) in [6.45, 7) is 6.22. The summed E-state index contributed by atoms with van der Waals surface area (Å²) in [5.74, 6) is 0.00505. The second-order valence-corrected chi connectivity index (χ2v) is 7.97. The number of hydrogen-bond acceptors (Lipinski definition) is 3. The third-order valence-corrected chi connectivity index (χ3v) is 5.88. The summed E-state index contributed by atoms with van der Waals surface area (Å²) in [5, 5.41) is 3.14. The van der Waals surface area contributed by atoms with Gasteiger partial charge in [0.25, 0.3) is 0 Å². The van der Waals surface area contributed by atoms with E-state index in [2.05, 4.69) is 25.2 Å². The van der Waals surface area contributed by atoms with Gasteiger partial charge in [-0.25, -0.2) is 0 Å². The minimum Gasteiger partial charge on any atom is -0.392 e. The molecule has 116 valence electrons. The Balaban J connectivity index is 2.15. The molecule has 1 aromatic heterocycles. The third kappa shape index (κ3) is 3.29. The summed E-state index contributed by atoms with van der Waals surface area (Å²) in [4.78, 5) is 15.7. The maximum absolute atomic E-state index is 12.8. The Labute approximate surface area is 136 Å². The molecule has 21 heavy (non-hydrogen) atoms. The molecule has 1 aromatic rings. The summed E-state index contributed by atoms with van der Waals surface area (Å²) >= 11 is 6.99. The fraction of sp³-hybridized carbons (Fsp3) is 0.625. The molecule has 5 heteroatoms. The summed E-state index contributed by atoms with van der Waals surface area (Å²) < 4.78 is 0. The first-order valence-corrected chi connectivity index (χ1v) is 8.77. The molecule has 1 amide bonds. The molecule has 1 heterocycles. The predicted octanol–water partition coefficient (Wildman–Crippen LogP) is 3.78. The predicted molar refractivity (Wildman–Crippen MR) is 92.7 cm³/mol. The molecule has 0 spiro atoms. The summed E-state index contributed by atoms with van der Waals surface area (Å²) in [7, 11) is 0. The van der Waals surface area contributed by atoms with Crippen molar-refractivity contribution in [2.75, 3.05) is 0 Å². The van der Waals surface area contributed by atoms with Gasteiger partial charge in [0.15, 0.2) is 0 Å². The van der Waals surface area contributed by atoms with E-state index in [4.69, 9.17) is 18.0 Å². The average molecular weight is 325 g/mol. The molecule has 0 aliphatic heterocycles. The lowest BCUT2D eigenvalue weighted by molar-refractivity contribution is -0.129. The average Bonchev–Trinajstić information content (AvgIpc) is 2.78. The van der Waals surface area contributed by atoms with Gasteiger partial charge in [-0.3, -0.25) is 4.79 Å². The van der Waals surface area contributed by atoms with Crippen LogP contribution < -0.4 is 11.1 Å². The largest absolute Gasteiger partial charge is 0.392 e. The van der Waals surface area contributed by atoms with E-state index in [0.717, 1.165) is 32.1 Å². The van der Waals surface area contributed by atoms with Crippen LogP contribution in [0.2, 0.25) is 0 Å². The molecule has 1 fully saturated rings. The van der Waals surface area contributed by atoms with Crippen molar-refractivity contribution in [1.82, 2.24) is 5.32 Å². The summed E-state index contributed by atoms with van der Waals surface area (Å²) in [6.07, 6.45) is 4.77. The number of rotatable bonds is 4. The van der Waals surface area contributed by atoms with Gasteiger partial charge in [-0.2, -0.15) is 0 Å². The van der Waals surface area contributed by atoms with Crippen molar-refractivity contribution in [2.24, 2.45) is 11.1 Å². The summed E-state index contributed by atoms with van der Waals surface area (Å²) in [6, 6.07) is 2.15. The molecule has 1 aliphatic rings. The first kappa shape index (κ1) is 16.4. The molecular formula is C16H24N2OS2. The lowest BCUT2D eigenvalue weighted by Crippen LogP contribution is -2.50. The van der Waals surface area contributed by atoms with E-state index in [1.54, 1.807) is 11.3 Å². The molecule has 1 aliphatic carbocycles. The summed E-state index contributed by atoms with van der Waals surface area (Å²) in [5.41, 5.74) is 6.48. The van der Waals surface area contributed by atoms with Crippen LogP contribution in [0, 0.1) is 19.3 Å². The standard InChI is InChI=1S/C16H24N2OS2/c1-10-9-13(12(3)21-10)11(2)18-15(19)16(14(17)20)7-5-4-6-8-16/h9,11H,4-8H2,1-3H3,(H2,17,20)(H,18,19). The maximum Gasteiger partial charge on any atom is 0.233 e. The van der Waals surface area contributed by atoms with Gasteiger partial charge in [0, 0.05) is 9.75 Å². The lowest BCUT2D eigenvalue weighted by Gasteiger charge is -2.35. The Morgan fingerprint density at radius 1 is 1.38 bits per heavy atom. The van der Waals surface area contributed by atoms with Crippen molar-refractivity contribution >= 4 is 34.5 Å². The zero-order valence-corrected chi connectivity index (χ0v) is 14.6. The first-order chi connectivity index (χ1) is 9.86. The van der Waals surface area contributed by atoms with Gasteiger partial charge in [-0.15, -0.1) is 11.3 Å². The van der Waals surface area contributed by atoms with Crippen molar-refractivity contribution in [3.63, 3.8) is 0 Å². The number of carbonyl (C=O) groups excluding carboxylic acids is 1. The Kier molecular flexibility index (Phi) is 5.04. The number of thiophene rings is 1. The molecule has 1 saturated carbocycles. The van der Waals surface area contributed by atoms with Gasteiger partial charge >= 0.3 is 0 Å². The van der Waals surface area contributed by atoms with Gasteiger partial charge in [0.05, 0.1) is 16.4 Å². The molecular weight excluding hydrogens is 300 g/mol. The van der Waals surface area contributed by atoms with Gasteiger partial charge in [0.2, 0.25) is 5.91 Å². The number of aryl methyl sites for hydroxylation is 2. The van der Waals surface area contributed by atoms with Crippen LogP contribution in [0.3, 0.4) is 0 Å². The normalized spacial score (nSPS) is 19.0. The SMILES string of the molecule is Cc1cc(C(C)NC(=O)C2(C(N)=S)CCCCC2)c(C)s1. The van der Waals surface area contributed by atoms with Crippen LogP contribution in [-0.4, -0.2) is 10.9 Å². The minimum absolute atomic E-state index is 0.00407. The number of nitrogens with two attached hydrogens (primary N) is 1. The zero-order chi connectivity index (χ0) is 15.6. The van der Waals surface area contributed by atoms with Crippen molar-refractivity contribution in [3.8, 4) is 0 Å². The fourth-order valence-electron chi connectivity index (χ4n) is 3.23. The van der Waals surface area contributed by atoms with E-state index in [0.29, 0.717) is 4.99 Å². The maximum atomic E-state index is 12.8. The van der Waals surface area contributed by atoms with Crippen molar-refractivity contribution in [2.45, 2.75) is 58.9 Å². The number of hydrogen-bond donors (Lipinski definition) is 2. The number of nitrogens with one attached hydrogen (secondary N) is 1. The number of thiocarbonyl (C=S) groups is 1. The Morgan fingerprint density at radius 2 is 2.00 bits per heavy atom. The van der Waals surface area contributed by atoms with Crippen molar-refractivity contribution < 1.29 is 4.79 Å². The smallest absolute Gasteiger partial charge is 0.233 e. The van der Waals surface area contributed by atoms with E-state index in [1.165, 1.54) is 15.3 Å². The van der Waals surface area contributed by atoms with Crippen LogP contribution in [0.4, 0.5) is 0 Å². The van der Waals surface area contributed by atoms with Crippen molar-refractivity contribution in [3.05, 3.63) is 21.4 Å². The minimum atomic E-state index is -0.638. The van der Waals surface area contributed by atoms with Crippen LogP contribution in [0.25, 0.3) is 0 Å². The van der Waals surface area contributed by atoms with Crippen molar-refractivity contribution in [1.29, 1.82) is 0 Å². The highest BCUT2D eigenvalue weighted by Gasteiger charge is 2.42. The second-order valence-electron chi connectivity index (χ2n) is 6.07. The van der Waals surface area contributed by atoms with E-state index in [1.807, 2.05) is 6.92 Å². The van der Waals surface area contributed by atoms with E-state index in [9.17, 15) is 4.79 Å². The number of carbonyl (C=O) groups is 1. The Morgan fingerprint density at radius 3 is 2.48 bits per heavy atom.